The van der Waals surface area contributed by atoms with Gasteiger partial charge in [0.15, 0.2) is 12.0 Å². The van der Waals surface area contributed by atoms with Crippen molar-refractivity contribution >= 4 is 11.8 Å². The summed E-state index contributed by atoms with van der Waals surface area (Å²) >= 11 is 0.722. The Bertz CT molecular complexity index is 646. The van der Waals surface area contributed by atoms with Crippen LogP contribution in [0.25, 0.3) is 0 Å². The summed E-state index contributed by atoms with van der Waals surface area (Å²) in [4.78, 5) is 3.87. The Labute approximate surface area is 116 Å². The van der Waals surface area contributed by atoms with Gasteiger partial charge >= 0.3 is 0 Å². The van der Waals surface area contributed by atoms with Gasteiger partial charge < -0.3 is 0 Å². The first-order chi connectivity index (χ1) is 9.60. The molecule has 0 spiro atoms. The summed E-state index contributed by atoms with van der Waals surface area (Å²) in [6.07, 6.45) is -1.49. The SMILES string of the molecule is FCSc1nc2n(n1)C(c1cc(F)ccc1F)CC2F. The van der Waals surface area contributed by atoms with Gasteiger partial charge in [-0.1, -0.05) is 11.8 Å². The second-order valence-electron chi connectivity index (χ2n) is 4.34. The molecule has 0 amide bonds. The molecule has 0 aliphatic carbocycles. The fraction of sp³-hybridized carbons (Fsp3) is 0.333. The molecule has 1 aromatic heterocycles. The van der Waals surface area contributed by atoms with E-state index in [1.807, 2.05) is 0 Å². The maximum absolute atomic E-state index is 13.9. The van der Waals surface area contributed by atoms with Gasteiger partial charge in [0.2, 0.25) is 5.16 Å². The van der Waals surface area contributed by atoms with Gasteiger partial charge in [-0.15, -0.1) is 5.10 Å². The van der Waals surface area contributed by atoms with Crippen LogP contribution >= 0.6 is 11.8 Å². The maximum Gasteiger partial charge on any atom is 0.211 e. The lowest BCUT2D eigenvalue weighted by molar-refractivity contribution is 0.325. The van der Waals surface area contributed by atoms with Crippen molar-refractivity contribution in [2.75, 3.05) is 6.01 Å². The topological polar surface area (TPSA) is 30.7 Å². The van der Waals surface area contributed by atoms with Crippen LogP contribution in [0.3, 0.4) is 0 Å². The first-order valence-electron chi connectivity index (χ1n) is 5.84. The Morgan fingerprint density at radius 3 is 2.90 bits per heavy atom. The van der Waals surface area contributed by atoms with E-state index in [9.17, 15) is 17.6 Å². The van der Waals surface area contributed by atoms with Gasteiger partial charge in [-0.3, -0.25) is 0 Å². The predicted octanol–water partition coefficient (Wildman–Crippen LogP) is 3.58. The van der Waals surface area contributed by atoms with E-state index >= 15 is 0 Å². The van der Waals surface area contributed by atoms with E-state index in [-0.39, 0.29) is 23.0 Å². The van der Waals surface area contributed by atoms with E-state index in [2.05, 4.69) is 10.1 Å². The van der Waals surface area contributed by atoms with Gasteiger partial charge in [-0.25, -0.2) is 27.2 Å². The van der Waals surface area contributed by atoms with E-state index in [1.165, 1.54) is 4.68 Å². The molecule has 0 saturated carbocycles. The molecule has 2 aromatic rings. The Balaban J connectivity index is 2.03. The monoisotopic (exact) mass is 303 g/mol. The molecule has 2 heterocycles. The number of hydrogen-bond donors (Lipinski definition) is 0. The highest BCUT2D eigenvalue weighted by molar-refractivity contribution is 7.98. The van der Waals surface area contributed by atoms with Crippen LogP contribution < -0.4 is 0 Å². The third kappa shape index (κ3) is 2.17. The zero-order valence-electron chi connectivity index (χ0n) is 10.1. The second kappa shape index (κ2) is 5.08. The minimum Gasteiger partial charge on any atom is -0.239 e. The van der Waals surface area contributed by atoms with E-state index in [0.717, 1.165) is 30.0 Å². The van der Waals surface area contributed by atoms with Crippen molar-refractivity contribution in [2.24, 2.45) is 0 Å². The van der Waals surface area contributed by atoms with Crippen LogP contribution in [0.1, 0.15) is 30.0 Å². The average molecular weight is 303 g/mol. The molecular formula is C12H9F4N3S. The van der Waals surface area contributed by atoms with Crippen LogP contribution in [0.5, 0.6) is 0 Å². The lowest BCUT2D eigenvalue weighted by atomic mass is 10.0. The van der Waals surface area contributed by atoms with Gasteiger partial charge in [0.05, 0.1) is 6.04 Å². The Hall–Kier alpha value is -1.57. The molecule has 1 aliphatic heterocycles. The van der Waals surface area contributed by atoms with Crippen molar-refractivity contribution in [3.63, 3.8) is 0 Å². The number of rotatable bonds is 3. The third-order valence-corrected chi connectivity index (χ3v) is 3.68. The molecule has 2 unspecified atom stereocenters. The van der Waals surface area contributed by atoms with Crippen LogP contribution in [-0.4, -0.2) is 20.8 Å². The summed E-state index contributed by atoms with van der Waals surface area (Å²) in [7, 11) is 0. The number of aromatic nitrogens is 3. The maximum atomic E-state index is 13.9. The van der Waals surface area contributed by atoms with Gasteiger partial charge in [0.25, 0.3) is 0 Å². The largest absolute Gasteiger partial charge is 0.239 e. The molecule has 20 heavy (non-hydrogen) atoms. The molecule has 2 atom stereocenters. The molecule has 0 fully saturated rings. The summed E-state index contributed by atoms with van der Waals surface area (Å²) in [5.41, 5.74) is 0.0214. The highest BCUT2D eigenvalue weighted by Crippen LogP contribution is 2.41. The lowest BCUT2D eigenvalue weighted by Gasteiger charge is -2.12. The predicted molar refractivity (Wildman–Crippen MR) is 64.8 cm³/mol. The quantitative estimate of drug-likeness (QED) is 0.641. The number of halogens is 4. The van der Waals surface area contributed by atoms with E-state index in [0.29, 0.717) is 0 Å². The molecule has 8 heteroatoms. The van der Waals surface area contributed by atoms with Crippen molar-refractivity contribution in [3.05, 3.63) is 41.2 Å². The smallest absolute Gasteiger partial charge is 0.211 e. The van der Waals surface area contributed by atoms with Gasteiger partial charge in [-0.2, -0.15) is 0 Å². The van der Waals surface area contributed by atoms with E-state index < -0.39 is 29.9 Å². The highest BCUT2D eigenvalue weighted by atomic mass is 32.2. The van der Waals surface area contributed by atoms with Gasteiger partial charge in [0.1, 0.15) is 17.6 Å². The highest BCUT2D eigenvalue weighted by Gasteiger charge is 2.36. The first kappa shape index (κ1) is 13.4. The molecule has 0 N–H and O–H groups in total. The number of hydrogen-bond acceptors (Lipinski definition) is 3. The standard InChI is InChI=1S/C12H9F4N3S/c13-5-20-12-17-11-9(16)4-10(19(11)18-12)7-3-6(14)1-2-8(7)15/h1-3,9-10H,4-5H2. The molecule has 1 aliphatic rings. The number of alkyl halides is 2. The molecule has 1 aromatic carbocycles. The van der Waals surface area contributed by atoms with Crippen molar-refractivity contribution in [1.82, 2.24) is 14.8 Å². The molecule has 106 valence electrons. The van der Waals surface area contributed by atoms with E-state index in [1.54, 1.807) is 0 Å². The number of benzene rings is 1. The zero-order chi connectivity index (χ0) is 14.3. The summed E-state index contributed by atoms with van der Waals surface area (Å²) in [6.45, 7) is 0. The fourth-order valence-corrected chi connectivity index (χ4v) is 2.70. The molecule has 0 bridgehead atoms. The Morgan fingerprint density at radius 2 is 2.15 bits per heavy atom. The first-order valence-corrected chi connectivity index (χ1v) is 6.83. The number of fused-ring (bicyclic) bond motifs is 1. The van der Waals surface area contributed by atoms with Crippen LogP contribution in [0.15, 0.2) is 23.4 Å². The minimum atomic E-state index is -1.43. The molecular weight excluding hydrogens is 294 g/mol. The number of nitrogens with zero attached hydrogens (tertiary/aromatic N) is 3. The van der Waals surface area contributed by atoms with Crippen molar-refractivity contribution in [3.8, 4) is 0 Å². The fourth-order valence-electron chi connectivity index (χ4n) is 2.30. The average Bonchev–Trinajstić information content (AvgIpc) is 2.94. The molecule has 0 radical (unpaired) electrons. The Kier molecular flexibility index (Phi) is 3.41. The Morgan fingerprint density at radius 1 is 1.35 bits per heavy atom. The molecule has 3 rings (SSSR count). The number of thioether (sulfide) groups is 1. The molecule has 3 nitrogen and oxygen atoms in total. The van der Waals surface area contributed by atoms with Crippen LogP contribution in [0, 0.1) is 11.6 Å². The minimum absolute atomic E-state index is 0.0214. The van der Waals surface area contributed by atoms with Crippen LogP contribution in [0.4, 0.5) is 17.6 Å². The van der Waals surface area contributed by atoms with Crippen molar-refractivity contribution < 1.29 is 17.6 Å². The summed E-state index contributed by atoms with van der Waals surface area (Å²) in [5, 5.41) is 4.05. The summed E-state index contributed by atoms with van der Waals surface area (Å²) in [6, 6.07) is 1.50. The molecule has 0 saturated heterocycles. The zero-order valence-corrected chi connectivity index (χ0v) is 10.9. The summed E-state index contributed by atoms with van der Waals surface area (Å²) < 4.78 is 54.4. The third-order valence-electron chi connectivity index (χ3n) is 3.14. The summed E-state index contributed by atoms with van der Waals surface area (Å²) in [5.74, 6) is -1.22. The van der Waals surface area contributed by atoms with Gasteiger partial charge in [0, 0.05) is 12.0 Å². The van der Waals surface area contributed by atoms with E-state index in [4.69, 9.17) is 0 Å². The van der Waals surface area contributed by atoms with Crippen molar-refractivity contribution in [1.29, 1.82) is 0 Å². The van der Waals surface area contributed by atoms with Crippen LogP contribution in [-0.2, 0) is 0 Å². The normalized spacial score (nSPS) is 21.2. The van der Waals surface area contributed by atoms with Gasteiger partial charge in [-0.05, 0) is 18.2 Å². The van der Waals surface area contributed by atoms with Crippen LogP contribution in [0.2, 0.25) is 0 Å². The van der Waals surface area contributed by atoms with Crippen molar-refractivity contribution in [2.45, 2.75) is 23.8 Å². The second-order valence-corrected chi connectivity index (χ2v) is 5.21. The lowest BCUT2D eigenvalue weighted by Crippen LogP contribution is -2.10.